The fraction of sp³-hybridized carbons (Fsp3) is 0.455. The number of halogens is 1. The Morgan fingerprint density at radius 1 is 1.00 bits per heavy atom. The number of benzene rings is 1. The minimum absolute atomic E-state index is 0. The Kier molecular flexibility index (Phi) is 7.33. The summed E-state index contributed by atoms with van der Waals surface area (Å²) in [6.45, 7) is 0. The van der Waals surface area contributed by atoms with E-state index >= 15 is 0 Å². The van der Waals surface area contributed by atoms with E-state index in [2.05, 4.69) is 10.6 Å². The molecule has 1 heterocycles. The Balaban J connectivity index is 0.00000240. The van der Waals surface area contributed by atoms with Gasteiger partial charge in [-0.3, -0.25) is 9.59 Å². The van der Waals surface area contributed by atoms with Crippen molar-refractivity contribution in [2.75, 3.05) is 10.6 Å². The second-order valence-corrected chi connectivity index (χ2v) is 9.07. The molecule has 2 unspecified atom stereocenters. The molecule has 2 bridgehead atoms. The van der Waals surface area contributed by atoms with E-state index in [1.807, 2.05) is 41.8 Å². The molecule has 0 saturated heterocycles. The van der Waals surface area contributed by atoms with Crippen molar-refractivity contribution in [3.63, 3.8) is 0 Å². The van der Waals surface area contributed by atoms with Gasteiger partial charge in [0.1, 0.15) is 0 Å². The molecule has 4 N–H and O–H groups in total. The molecule has 7 heteroatoms. The van der Waals surface area contributed by atoms with Gasteiger partial charge in [0.2, 0.25) is 11.8 Å². The molecule has 0 radical (unpaired) electrons. The zero-order valence-corrected chi connectivity index (χ0v) is 17.9. The van der Waals surface area contributed by atoms with E-state index in [1.54, 1.807) is 11.3 Å². The van der Waals surface area contributed by atoms with Crippen molar-refractivity contribution in [1.82, 2.24) is 0 Å². The van der Waals surface area contributed by atoms with Gasteiger partial charge in [-0.1, -0.05) is 24.6 Å². The normalized spacial score (nSPS) is 25.6. The SMILES string of the molecule is Cl.NC1C2CCCC1CC(C(=O)Nc1ccccc1NC(=O)Cc1cccs1)C2. The van der Waals surface area contributed by atoms with Crippen LogP contribution in [0.1, 0.15) is 37.0 Å². The van der Waals surface area contributed by atoms with Crippen LogP contribution in [-0.4, -0.2) is 17.9 Å². The first-order chi connectivity index (χ1) is 13.6. The summed E-state index contributed by atoms with van der Waals surface area (Å²) in [7, 11) is 0. The number of fused-ring (bicyclic) bond motifs is 2. The van der Waals surface area contributed by atoms with Gasteiger partial charge in [0, 0.05) is 16.8 Å². The highest BCUT2D eigenvalue weighted by atomic mass is 35.5. The summed E-state index contributed by atoms with van der Waals surface area (Å²) in [5.74, 6) is 0.893. The van der Waals surface area contributed by atoms with E-state index in [9.17, 15) is 9.59 Å². The lowest BCUT2D eigenvalue weighted by molar-refractivity contribution is -0.122. The maximum Gasteiger partial charge on any atom is 0.229 e. The van der Waals surface area contributed by atoms with E-state index < -0.39 is 0 Å². The fourth-order valence-corrected chi connectivity index (χ4v) is 5.41. The summed E-state index contributed by atoms with van der Waals surface area (Å²) < 4.78 is 0. The number of amides is 2. The summed E-state index contributed by atoms with van der Waals surface area (Å²) in [5.41, 5.74) is 7.66. The summed E-state index contributed by atoms with van der Waals surface area (Å²) in [6.07, 6.45) is 5.58. The monoisotopic (exact) mass is 433 g/mol. The Hall–Kier alpha value is -1.89. The largest absolute Gasteiger partial charge is 0.327 e. The van der Waals surface area contributed by atoms with Gasteiger partial charge in [-0.2, -0.15) is 0 Å². The molecule has 1 aromatic heterocycles. The third-order valence-electron chi connectivity index (χ3n) is 6.16. The number of rotatable bonds is 5. The van der Waals surface area contributed by atoms with Crippen molar-refractivity contribution in [3.05, 3.63) is 46.7 Å². The van der Waals surface area contributed by atoms with Crippen LogP contribution in [0.25, 0.3) is 0 Å². The smallest absolute Gasteiger partial charge is 0.229 e. The van der Waals surface area contributed by atoms with Crippen molar-refractivity contribution in [2.45, 2.75) is 44.6 Å². The molecule has 2 amide bonds. The first-order valence-electron chi connectivity index (χ1n) is 10.1. The third kappa shape index (κ3) is 5.18. The molecule has 2 fully saturated rings. The quantitative estimate of drug-likeness (QED) is 0.651. The van der Waals surface area contributed by atoms with Gasteiger partial charge in [0.15, 0.2) is 0 Å². The lowest BCUT2D eigenvalue weighted by Gasteiger charge is -2.43. The fourth-order valence-electron chi connectivity index (χ4n) is 4.70. The number of hydrogen-bond acceptors (Lipinski definition) is 4. The van der Waals surface area contributed by atoms with Crippen LogP contribution in [0.5, 0.6) is 0 Å². The molecule has 4 rings (SSSR count). The third-order valence-corrected chi connectivity index (χ3v) is 7.03. The molecule has 2 aliphatic carbocycles. The standard InChI is InChI=1S/C22H27N3O2S.ClH/c23-21-14-5-3-6-15(21)12-16(11-14)22(27)25-19-9-2-1-8-18(19)24-20(26)13-17-7-4-10-28-17;/h1-2,4,7-10,14-16,21H,3,5-6,11-13,23H2,(H,24,26)(H,25,27);1H. The minimum Gasteiger partial charge on any atom is -0.327 e. The van der Waals surface area contributed by atoms with Gasteiger partial charge in [-0.05, 0) is 61.1 Å². The van der Waals surface area contributed by atoms with Crippen LogP contribution in [0.4, 0.5) is 11.4 Å². The highest BCUT2D eigenvalue weighted by molar-refractivity contribution is 7.10. The molecule has 1 aromatic carbocycles. The number of anilines is 2. The van der Waals surface area contributed by atoms with Crippen LogP contribution in [-0.2, 0) is 16.0 Å². The summed E-state index contributed by atoms with van der Waals surface area (Å²) >= 11 is 1.56. The average molecular weight is 434 g/mol. The topological polar surface area (TPSA) is 84.2 Å². The molecule has 5 nitrogen and oxygen atoms in total. The van der Waals surface area contributed by atoms with Crippen LogP contribution >= 0.6 is 23.7 Å². The van der Waals surface area contributed by atoms with Crippen LogP contribution in [0.15, 0.2) is 41.8 Å². The highest BCUT2D eigenvalue weighted by Gasteiger charge is 2.40. The molecule has 29 heavy (non-hydrogen) atoms. The average Bonchev–Trinajstić information content (AvgIpc) is 3.16. The molecule has 2 aliphatic rings. The van der Waals surface area contributed by atoms with Crippen molar-refractivity contribution in [1.29, 1.82) is 0 Å². The summed E-state index contributed by atoms with van der Waals surface area (Å²) in [4.78, 5) is 26.3. The summed E-state index contributed by atoms with van der Waals surface area (Å²) in [5, 5.41) is 7.95. The minimum atomic E-state index is -0.0812. The Morgan fingerprint density at radius 3 is 2.28 bits per heavy atom. The number of nitrogens with one attached hydrogen (secondary N) is 2. The number of thiophene rings is 1. The summed E-state index contributed by atoms with van der Waals surface area (Å²) in [6, 6.07) is 11.5. The van der Waals surface area contributed by atoms with E-state index in [4.69, 9.17) is 5.73 Å². The second-order valence-electron chi connectivity index (χ2n) is 8.04. The van der Waals surface area contributed by atoms with Gasteiger partial charge >= 0.3 is 0 Å². The predicted octanol–water partition coefficient (Wildman–Crippen LogP) is 4.44. The molecular formula is C22H28ClN3O2S. The van der Waals surface area contributed by atoms with Crippen molar-refractivity contribution < 1.29 is 9.59 Å². The zero-order chi connectivity index (χ0) is 19.5. The van der Waals surface area contributed by atoms with E-state index in [0.717, 1.165) is 30.6 Å². The molecule has 0 spiro atoms. The lowest BCUT2D eigenvalue weighted by atomic mass is 9.65. The van der Waals surface area contributed by atoms with Crippen LogP contribution in [0.2, 0.25) is 0 Å². The van der Waals surface area contributed by atoms with E-state index in [1.165, 1.54) is 6.42 Å². The van der Waals surface area contributed by atoms with Gasteiger partial charge < -0.3 is 16.4 Å². The Morgan fingerprint density at radius 2 is 1.66 bits per heavy atom. The maximum atomic E-state index is 12.9. The second kappa shape index (κ2) is 9.74. The maximum absolute atomic E-state index is 12.9. The molecule has 0 aliphatic heterocycles. The van der Waals surface area contributed by atoms with Crippen molar-refractivity contribution >= 4 is 46.9 Å². The number of para-hydroxylation sites is 2. The van der Waals surface area contributed by atoms with Gasteiger partial charge in [0.05, 0.1) is 17.8 Å². The molecular weight excluding hydrogens is 406 g/mol. The molecule has 2 atom stereocenters. The number of nitrogens with two attached hydrogens (primary N) is 1. The van der Waals surface area contributed by atoms with Crippen molar-refractivity contribution in [2.24, 2.45) is 23.5 Å². The molecule has 2 aromatic rings. The van der Waals surface area contributed by atoms with Gasteiger partial charge in [-0.15, -0.1) is 23.7 Å². The first kappa shape index (κ1) is 21.8. The van der Waals surface area contributed by atoms with E-state index in [0.29, 0.717) is 29.6 Å². The van der Waals surface area contributed by atoms with Gasteiger partial charge in [-0.25, -0.2) is 0 Å². The van der Waals surface area contributed by atoms with Crippen molar-refractivity contribution in [3.8, 4) is 0 Å². The van der Waals surface area contributed by atoms with Gasteiger partial charge in [0.25, 0.3) is 0 Å². The molecule has 2 saturated carbocycles. The van der Waals surface area contributed by atoms with Crippen LogP contribution in [0, 0.1) is 17.8 Å². The van der Waals surface area contributed by atoms with Crippen LogP contribution < -0.4 is 16.4 Å². The zero-order valence-electron chi connectivity index (χ0n) is 16.3. The Bertz CT molecular complexity index is 828. The number of carbonyl (C=O) groups excluding carboxylic acids is 2. The highest BCUT2D eigenvalue weighted by Crippen LogP contribution is 2.42. The van der Waals surface area contributed by atoms with Crippen LogP contribution in [0.3, 0.4) is 0 Å². The Labute approximate surface area is 181 Å². The van der Waals surface area contributed by atoms with E-state index in [-0.39, 0.29) is 36.2 Å². The predicted molar refractivity (Wildman–Crippen MR) is 121 cm³/mol. The first-order valence-corrected chi connectivity index (χ1v) is 11.0. The number of hydrogen-bond donors (Lipinski definition) is 3. The molecule has 156 valence electrons. The lowest BCUT2D eigenvalue weighted by Crippen LogP contribution is -2.48. The number of carbonyl (C=O) groups is 2.